The molecule has 112 valence electrons. The summed E-state index contributed by atoms with van der Waals surface area (Å²) in [6.07, 6.45) is 2.07. The minimum Gasteiger partial charge on any atom is -0.462 e. The van der Waals surface area contributed by atoms with Crippen LogP contribution < -0.4 is 5.43 Å². The highest BCUT2D eigenvalue weighted by atomic mass is 127. The lowest BCUT2D eigenvalue weighted by atomic mass is 10.1. The Morgan fingerprint density at radius 2 is 2.19 bits per heavy atom. The van der Waals surface area contributed by atoms with Crippen LogP contribution in [0.1, 0.15) is 23.7 Å². The SMILES string of the molecule is CCOC(=O)c1cn(CCCO)c2ccc(I)cc2c1=O. The molecular weight excluding hydrogens is 385 g/mol. The van der Waals surface area contributed by atoms with Crippen LogP contribution >= 0.6 is 22.6 Å². The van der Waals surface area contributed by atoms with Crippen molar-refractivity contribution in [3.05, 3.63) is 43.8 Å². The summed E-state index contributed by atoms with van der Waals surface area (Å²) in [5.74, 6) is -0.610. The highest BCUT2D eigenvalue weighted by molar-refractivity contribution is 14.1. The molecule has 0 unspecified atom stereocenters. The number of rotatable bonds is 5. The van der Waals surface area contributed by atoms with Crippen LogP contribution in [0.4, 0.5) is 0 Å². The van der Waals surface area contributed by atoms with Gasteiger partial charge < -0.3 is 14.4 Å². The number of carbonyl (C=O) groups excluding carboxylic acids is 1. The average molecular weight is 401 g/mol. The van der Waals surface area contributed by atoms with Gasteiger partial charge in [-0.3, -0.25) is 4.79 Å². The molecule has 0 saturated carbocycles. The number of aryl methyl sites for hydroxylation is 1. The number of fused-ring (bicyclic) bond motifs is 1. The van der Waals surface area contributed by atoms with Crippen molar-refractivity contribution in [2.75, 3.05) is 13.2 Å². The Bertz CT molecular complexity index is 723. The summed E-state index contributed by atoms with van der Waals surface area (Å²) in [7, 11) is 0. The van der Waals surface area contributed by atoms with Gasteiger partial charge in [0.15, 0.2) is 0 Å². The third-order valence-corrected chi connectivity index (χ3v) is 3.77. The molecule has 1 heterocycles. The van der Waals surface area contributed by atoms with Crippen LogP contribution in [0.2, 0.25) is 0 Å². The molecular formula is C15H16INO4. The number of nitrogens with zero attached hydrogens (tertiary/aromatic N) is 1. The number of hydrogen-bond acceptors (Lipinski definition) is 4. The molecule has 5 nitrogen and oxygen atoms in total. The molecule has 1 N–H and O–H groups in total. The van der Waals surface area contributed by atoms with E-state index in [9.17, 15) is 9.59 Å². The molecule has 6 heteroatoms. The van der Waals surface area contributed by atoms with Crippen molar-refractivity contribution in [3.8, 4) is 0 Å². The van der Waals surface area contributed by atoms with Crippen LogP contribution in [0.5, 0.6) is 0 Å². The maximum Gasteiger partial charge on any atom is 0.343 e. The number of benzene rings is 1. The molecule has 0 aliphatic rings. The Morgan fingerprint density at radius 3 is 2.86 bits per heavy atom. The fourth-order valence-corrected chi connectivity index (χ4v) is 2.64. The number of aliphatic hydroxyl groups excluding tert-OH is 1. The Hall–Kier alpha value is -1.41. The molecule has 0 atom stereocenters. The van der Waals surface area contributed by atoms with Crippen molar-refractivity contribution in [2.24, 2.45) is 0 Å². The summed E-state index contributed by atoms with van der Waals surface area (Å²) in [6, 6.07) is 5.52. The van der Waals surface area contributed by atoms with Crippen molar-refractivity contribution >= 4 is 39.5 Å². The Labute approximate surface area is 135 Å². The minimum absolute atomic E-state index is 0.0317. The first-order valence-electron chi connectivity index (χ1n) is 6.69. The van der Waals surface area contributed by atoms with Crippen LogP contribution in [0.3, 0.4) is 0 Å². The van der Waals surface area contributed by atoms with E-state index in [1.807, 2.05) is 16.7 Å². The maximum absolute atomic E-state index is 12.5. The summed E-state index contributed by atoms with van der Waals surface area (Å²) in [5.41, 5.74) is 0.466. The molecule has 1 aromatic carbocycles. The van der Waals surface area contributed by atoms with Gasteiger partial charge in [0.2, 0.25) is 5.43 Å². The van der Waals surface area contributed by atoms with Crippen LogP contribution in [-0.4, -0.2) is 28.9 Å². The predicted molar refractivity (Wildman–Crippen MR) is 88.6 cm³/mol. The molecule has 2 rings (SSSR count). The first-order valence-corrected chi connectivity index (χ1v) is 7.77. The Balaban J connectivity index is 2.67. The summed E-state index contributed by atoms with van der Waals surface area (Å²) in [4.78, 5) is 24.4. The Kier molecular flexibility index (Phi) is 5.35. The summed E-state index contributed by atoms with van der Waals surface area (Å²) in [6.45, 7) is 2.50. The number of ether oxygens (including phenoxy) is 1. The lowest BCUT2D eigenvalue weighted by Gasteiger charge is -2.13. The number of pyridine rings is 1. The second-order valence-electron chi connectivity index (χ2n) is 4.52. The molecule has 0 spiro atoms. The second-order valence-corrected chi connectivity index (χ2v) is 5.77. The van der Waals surface area contributed by atoms with Gasteiger partial charge in [-0.15, -0.1) is 0 Å². The second kappa shape index (κ2) is 7.04. The average Bonchev–Trinajstić information content (AvgIpc) is 2.47. The zero-order valence-electron chi connectivity index (χ0n) is 11.6. The smallest absolute Gasteiger partial charge is 0.343 e. The van der Waals surface area contributed by atoms with Crippen molar-refractivity contribution in [1.82, 2.24) is 4.57 Å². The molecule has 0 fully saturated rings. The van der Waals surface area contributed by atoms with Gasteiger partial charge >= 0.3 is 5.97 Å². The van der Waals surface area contributed by atoms with Crippen LogP contribution in [0, 0.1) is 3.57 Å². The van der Waals surface area contributed by atoms with Crippen molar-refractivity contribution in [1.29, 1.82) is 0 Å². The lowest BCUT2D eigenvalue weighted by Crippen LogP contribution is -2.21. The van der Waals surface area contributed by atoms with Gasteiger partial charge in [-0.2, -0.15) is 0 Å². The van der Waals surface area contributed by atoms with Gasteiger partial charge in [-0.05, 0) is 54.1 Å². The molecule has 0 radical (unpaired) electrons. The molecule has 2 aromatic rings. The maximum atomic E-state index is 12.5. The fraction of sp³-hybridized carbons (Fsp3) is 0.333. The monoisotopic (exact) mass is 401 g/mol. The van der Waals surface area contributed by atoms with Gasteiger partial charge in [0.1, 0.15) is 5.56 Å². The zero-order chi connectivity index (χ0) is 15.4. The lowest BCUT2D eigenvalue weighted by molar-refractivity contribution is 0.0524. The van der Waals surface area contributed by atoms with E-state index in [2.05, 4.69) is 22.6 Å². The quantitative estimate of drug-likeness (QED) is 0.616. The summed E-state index contributed by atoms with van der Waals surface area (Å²) >= 11 is 2.13. The van der Waals surface area contributed by atoms with E-state index >= 15 is 0 Å². The predicted octanol–water partition coefficient (Wildman–Crippen LogP) is 2.17. The van der Waals surface area contributed by atoms with Gasteiger partial charge in [0, 0.05) is 28.3 Å². The standard InChI is InChI=1S/C15H16INO4/c1-2-21-15(20)12-9-17(6-3-7-18)13-5-4-10(16)8-11(13)14(12)19/h4-5,8-9,18H,2-3,6-7H2,1H3. The van der Waals surface area contributed by atoms with Gasteiger partial charge in [0.25, 0.3) is 0 Å². The van der Waals surface area contributed by atoms with Crippen molar-refractivity contribution in [3.63, 3.8) is 0 Å². The van der Waals surface area contributed by atoms with E-state index in [1.165, 1.54) is 6.20 Å². The number of hydrogen-bond donors (Lipinski definition) is 1. The highest BCUT2D eigenvalue weighted by Crippen LogP contribution is 2.16. The molecule has 21 heavy (non-hydrogen) atoms. The van der Waals surface area contributed by atoms with Crippen molar-refractivity contribution in [2.45, 2.75) is 19.9 Å². The molecule has 0 aliphatic heterocycles. The summed E-state index contributed by atoms with van der Waals surface area (Å²) in [5, 5.41) is 9.48. The third-order valence-electron chi connectivity index (χ3n) is 3.09. The van der Waals surface area contributed by atoms with Gasteiger partial charge in [-0.25, -0.2) is 4.79 Å². The first-order chi connectivity index (χ1) is 10.1. The third kappa shape index (κ3) is 3.44. The largest absolute Gasteiger partial charge is 0.462 e. The molecule has 0 saturated heterocycles. The minimum atomic E-state index is -0.610. The number of esters is 1. The van der Waals surface area contributed by atoms with Crippen LogP contribution in [-0.2, 0) is 11.3 Å². The molecule has 1 aromatic heterocycles. The number of aliphatic hydroxyl groups is 1. The molecule has 0 bridgehead atoms. The van der Waals surface area contributed by atoms with E-state index in [0.717, 1.165) is 9.09 Å². The summed E-state index contributed by atoms with van der Waals surface area (Å²) < 4.78 is 7.68. The van der Waals surface area contributed by atoms with E-state index in [0.29, 0.717) is 18.4 Å². The van der Waals surface area contributed by atoms with E-state index in [-0.39, 0.29) is 24.2 Å². The van der Waals surface area contributed by atoms with Gasteiger partial charge in [-0.1, -0.05) is 0 Å². The zero-order valence-corrected chi connectivity index (χ0v) is 13.8. The van der Waals surface area contributed by atoms with Crippen molar-refractivity contribution < 1.29 is 14.6 Å². The normalized spacial score (nSPS) is 10.8. The molecule has 0 aliphatic carbocycles. The number of halogens is 1. The number of carbonyl (C=O) groups is 1. The van der Waals surface area contributed by atoms with Crippen LogP contribution in [0.25, 0.3) is 10.9 Å². The van der Waals surface area contributed by atoms with E-state index < -0.39 is 5.97 Å². The topological polar surface area (TPSA) is 68.5 Å². The van der Waals surface area contributed by atoms with E-state index in [1.54, 1.807) is 13.0 Å². The Morgan fingerprint density at radius 1 is 1.43 bits per heavy atom. The van der Waals surface area contributed by atoms with Crippen LogP contribution in [0.15, 0.2) is 29.2 Å². The van der Waals surface area contributed by atoms with E-state index in [4.69, 9.17) is 9.84 Å². The number of aromatic nitrogens is 1. The highest BCUT2D eigenvalue weighted by Gasteiger charge is 2.16. The molecule has 0 amide bonds. The first kappa shape index (κ1) is 16.0. The fourth-order valence-electron chi connectivity index (χ4n) is 2.15. The van der Waals surface area contributed by atoms with Gasteiger partial charge in [0.05, 0.1) is 12.1 Å².